The predicted molar refractivity (Wildman–Crippen MR) is 102 cm³/mol. The van der Waals surface area contributed by atoms with Crippen LogP contribution >= 0.6 is 11.3 Å². The molecule has 1 aromatic rings. The first-order valence-electron chi connectivity index (χ1n) is 9.76. The third-order valence-electron chi connectivity index (χ3n) is 5.47. The molecular formula is C18H31N5OS. The molecule has 2 fully saturated rings. The summed E-state index contributed by atoms with van der Waals surface area (Å²) in [6, 6.07) is 0.233. The van der Waals surface area contributed by atoms with Crippen molar-refractivity contribution in [2.24, 2.45) is 5.92 Å². The minimum atomic E-state index is -0.170. The molecule has 1 aliphatic heterocycles. The lowest BCUT2D eigenvalue weighted by atomic mass is 9.90. The molecule has 0 bridgehead atoms. The molecule has 7 heteroatoms. The van der Waals surface area contributed by atoms with Gasteiger partial charge in [0.25, 0.3) is 0 Å². The summed E-state index contributed by atoms with van der Waals surface area (Å²) in [4.78, 5) is 14.7. The Balaban J connectivity index is 1.47. The quantitative estimate of drug-likeness (QED) is 0.804. The highest BCUT2D eigenvalue weighted by atomic mass is 32.1. The average Bonchev–Trinajstić information content (AvgIpc) is 3.28. The first kappa shape index (κ1) is 18.6. The van der Waals surface area contributed by atoms with Crippen LogP contribution in [0.25, 0.3) is 0 Å². The maximum absolute atomic E-state index is 12.2. The monoisotopic (exact) mass is 365 g/mol. The summed E-state index contributed by atoms with van der Waals surface area (Å²) in [5, 5.41) is 16.0. The summed E-state index contributed by atoms with van der Waals surface area (Å²) in [5.74, 6) is 1.06. The van der Waals surface area contributed by atoms with Gasteiger partial charge in [0.1, 0.15) is 5.01 Å². The van der Waals surface area contributed by atoms with Gasteiger partial charge in [-0.2, -0.15) is 0 Å². The second-order valence-corrected chi connectivity index (χ2v) is 8.68. The fraction of sp³-hybridized carbons (Fsp3) is 0.833. The number of aromatic nitrogens is 2. The van der Waals surface area contributed by atoms with E-state index in [1.807, 2.05) is 0 Å². The van der Waals surface area contributed by atoms with Crippen molar-refractivity contribution in [3.8, 4) is 0 Å². The number of hydrogen-bond acceptors (Lipinski definition) is 5. The molecule has 1 saturated heterocycles. The van der Waals surface area contributed by atoms with Gasteiger partial charge in [-0.15, -0.1) is 10.2 Å². The van der Waals surface area contributed by atoms with Crippen LogP contribution in [-0.2, 0) is 0 Å². The number of carbonyl (C=O) groups is 1. The Bertz CT molecular complexity index is 549. The lowest BCUT2D eigenvalue weighted by Crippen LogP contribution is -2.46. The number of nitrogens with one attached hydrogen (secondary N) is 2. The largest absolute Gasteiger partial charge is 0.336 e. The molecule has 0 radical (unpaired) electrons. The summed E-state index contributed by atoms with van der Waals surface area (Å²) in [6.07, 6.45) is 8.83. The second kappa shape index (κ2) is 8.94. The molecule has 1 aliphatic carbocycles. The lowest BCUT2D eigenvalue weighted by molar-refractivity contribution is 0.186. The van der Waals surface area contributed by atoms with Crippen LogP contribution in [0.5, 0.6) is 0 Å². The van der Waals surface area contributed by atoms with Gasteiger partial charge in [0.15, 0.2) is 0 Å². The van der Waals surface area contributed by atoms with Crippen LogP contribution in [0.1, 0.15) is 69.7 Å². The van der Waals surface area contributed by atoms with E-state index in [-0.39, 0.29) is 6.03 Å². The van der Waals surface area contributed by atoms with Crippen molar-refractivity contribution in [1.29, 1.82) is 0 Å². The Morgan fingerprint density at radius 2 is 1.88 bits per heavy atom. The van der Waals surface area contributed by atoms with Gasteiger partial charge in [0.2, 0.25) is 5.13 Å². The predicted octanol–water partition coefficient (Wildman–Crippen LogP) is 3.83. The van der Waals surface area contributed by atoms with Crippen molar-refractivity contribution in [2.75, 3.05) is 25.0 Å². The van der Waals surface area contributed by atoms with Gasteiger partial charge in [0, 0.05) is 18.5 Å². The van der Waals surface area contributed by atoms with Gasteiger partial charge < -0.3 is 5.32 Å². The van der Waals surface area contributed by atoms with E-state index in [9.17, 15) is 4.79 Å². The topological polar surface area (TPSA) is 70.1 Å². The van der Waals surface area contributed by atoms with Crippen LogP contribution in [0.3, 0.4) is 0 Å². The summed E-state index contributed by atoms with van der Waals surface area (Å²) < 4.78 is 0. The van der Waals surface area contributed by atoms with Gasteiger partial charge >= 0.3 is 6.03 Å². The van der Waals surface area contributed by atoms with E-state index in [1.165, 1.54) is 56.3 Å². The molecule has 0 aromatic carbocycles. The molecule has 140 valence electrons. The molecule has 2 N–H and O–H groups in total. The zero-order valence-electron chi connectivity index (χ0n) is 15.5. The molecule has 1 unspecified atom stereocenters. The molecule has 0 spiro atoms. The van der Waals surface area contributed by atoms with Gasteiger partial charge in [0.05, 0.1) is 0 Å². The van der Waals surface area contributed by atoms with Crippen molar-refractivity contribution in [2.45, 2.75) is 70.8 Å². The van der Waals surface area contributed by atoms with Gasteiger partial charge in [-0.05, 0) is 44.7 Å². The molecule has 1 aromatic heterocycles. The highest BCUT2D eigenvalue weighted by Gasteiger charge is 2.25. The third-order valence-corrected chi connectivity index (χ3v) is 6.47. The van der Waals surface area contributed by atoms with Crippen molar-refractivity contribution in [3.63, 3.8) is 0 Å². The molecule has 1 saturated carbocycles. The fourth-order valence-electron chi connectivity index (χ4n) is 4.00. The molecule has 2 aliphatic rings. The summed E-state index contributed by atoms with van der Waals surface area (Å²) in [5.41, 5.74) is 0. The highest BCUT2D eigenvalue weighted by molar-refractivity contribution is 7.15. The van der Waals surface area contributed by atoms with Crippen molar-refractivity contribution in [1.82, 2.24) is 20.4 Å². The second-order valence-electron chi connectivity index (χ2n) is 7.67. The highest BCUT2D eigenvalue weighted by Crippen LogP contribution is 2.35. The first-order valence-corrected chi connectivity index (χ1v) is 10.6. The first-order chi connectivity index (χ1) is 12.1. The lowest BCUT2D eigenvalue weighted by Gasteiger charge is -2.30. The van der Waals surface area contributed by atoms with Gasteiger partial charge in [-0.3, -0.25) is 10.2 Å². The number of anilines is 1. The normalized spacial score (nSPS) is 20.8. The molecule has 25 heavy (non-hydrogen) atoms. The number of urea groups is 1. The van der Waals surface area contributed by atoms with E-state index in [0.29, 0.717) is 29.6 Å². The number of hydrogen-bond donors (Lipinski definition) is 2. The third kappa shape index (κ3) is 5.14. The average molecular weight is 366 g/mol. The Labute approximate surface area is 154 Å². The van der Waals surface area contributed by atoms with Crippen molar-refractivity contribution in [3.05, 3.63) is 5.01 Å². The van der Waals surface area contributed by atoms with Crippen LogP contribution < -0.4 is 10.6 Å². The van der Waals surface area contributed by atoms with Gasteiger partial charge in [-0.25, -0.2) is 4.79 Å². The zero-order chi connectivity index (χ0) is 17.6. The van der Waals surface area contributed by atoms with Crippen molar-refractivity contribution >= 4 is 22.5 Å². The van der Waals surface area contributed by atoms with E-state index < -0.39 is 0 Å². The minimum absolute atomic E-state index is 0.170. The van der Waals surface area contributed by atoms with Crippen LogP contribution in [-0.4, -0.2) is 46.8 Å². The number of rotatable bonds is 6. The number of likely N-dealkylation sites (tertiary alicyclic amines) is 1. The zero-order valence-corrected chi connectivity index (χ0v) is 16.3. The van der Waals surface area contributed by atoms with Crippen LogP contribution in [0, 0.1) is 5.92 Å². The van der Waals surface area contributed by atoms with Gasteiger partial charge in [-0.1, -0.05) is 44.4 Å². The minimum Gasteiger partial charge on any atom is -0.336 e. The van der Waals surface area contributed by atoms with E-state index in [4.69, 9.17) is 0 Å². The molecule has 6 nitrogen and oxygen atoms in total. The SMILES string of the molecule is CC(C)C(CNC(=O)Nc1nnc(C2CCCCC2)s1)N1CCCC1. The van der Waals surface area contributed by atoms with E-state index in [1.54, 1.807) is 0 Å². The Morgan fingerprint density at radius 1 is 1.16 bits per heavy atom. The maximum Gasteiger partial charge on any atom is 0.321 e. The molecule has 2 amide bonds. The van der Waals surface area contributed by atoms with E-state index in [2.05, 4.69) is 39.6 Å². The molecular weight excluding hydrogens is 334 g/mol. The summed E-state index contributed by atoms with van der Waals surface area (Å²) in [7, 11) is 0. The number of nitrogens with zero attached hydrogens (tertiary/aromatic N) is 3. The Hall–Kier alpha value is -1.21. The van der Waals surface area contributed by atoms with Crippen LogP contribution in [0.15, 0.2) is 0 Å². The number of amides is 2. The van der Waals surface area contributed by atoms with Crippen LogP contribution in [0.2, 0.25) is 0 Å². The summed E-state index contributed by atoms with van der Waals surface area (Å²) >= 11 is 1.53. The standard InChI is InChI=1S/C18H31N5OS/c1-13(2)15(23-10-6-7-11-23)12-19-17(24)20-18-22-21-16(25-18)14-8-4-3-5-9-14/h13-15H,3-12H2,1-2H3,(H2,19,20,22,24). The molecule has 3 rings (SSSR count). The molecule has 1 atom stereocenters. The van der Waals surface area contributed by atoms with Crippen LogP contribution in [0.4, 0.5) is 9.93 Å². The Morgan fingerprint density at radius 3 is 2.56 bits per heavy atom. The Kier molecular flexibility index (Phi) is 6.64. The molecule has 2 heterocycles. The van der Waals surface area contributed by atoms with E-state index in [0.717, 1.165) is 18.1 Å². The number of carbonyl (C=O) groups excluding carboxylic acids is 1. The smallest absolute Gasteiger partial charge is 0.321 e. The van der Waals surface area contributed by atoms with E-state index >= 15 is 0 Å². The fourth-order valence-corrected chi connectivity index (χ4v) is 4.91. The summed E-state index contributed by atoms with van der Waals surface area (Å²) in [6.45, 7) is 7.42. The maximum atomic E-state index is 12.2. The van der Waals surface area contributed by atoms with Crippen molar-refractivity contribution < 1.29 is 4.79 Å².